The molecule has 2 nitrogen and oxygen atoms in total. The number of benzene rings is 9. The Labute approximate surface area is 277 Å². The van der Waals surface area contributed by atoms with E-state index in [2.05, 4.69) is 175 Å². The monoisotopic (exact) mass is 611 g/mol. The van der Waals surface area contributed by atoms with Crippen molar-refractivity contribution in [3.05, 3.63) is 176 Å². The summed E-state index contributed by atoms with van der Waals surface area (Å²) in [6.07, 6.45) is 0. The third-order valence-corrected chi connectivity index (χ3v) is 9.81. The van der Waals surface area contributed by atoms with Gasteiger partial charge < -0.3 is 9.32 Å². The van der Waals surface area contributed by atoms with Gasteiger partial charge >= 0.3 is 0 Å². The first-order valence-corrected chi connectivity index (χ1v) is 16.4. The Morgan fingerprint density at radius 2 is 0.958 bits per heavy atom. The average Bonchev–Trinajstić information content (AvgIpc) is 3.54. The minimum atomic E-state index is 0.901. The van der Waals surface area contributed by atoms with E-state index in [9.17, 15) is 0 Å². The molecule has 0 aliphatic heterocycles. The molecule has 0 aliphatic rings. The van der Waals surface area contributed by atoms with Crippen LogP contribution in [-0.2, 0) is 0 Å². The Bertz CT molecular complexity index is 2830. The number of furan rings is 1. The molecular formula is C46H29NO. The molecule has 0 fully saturated rings. The molecule has 0 saturated heterocycles. The molecule has 10 aromatic rings. The third kappa shape index (κ3) is 4.13. The molecule has 0 amide bonds. The molecule has 2 heteroatoms. The van der Waals surface area contributed by atoms with Gasteiger partial charge in [-0.1, -0.05) is 133 Å². The number of hydrogen-bond donors (Lipinski definition) is 0. The maximum absolute atomic E-state index is 6.64. The highest BCUT2D eigenvalue weighted by atomic mass is 16.3. The topological polar surface area (TPSA) is 16.4 Å². The van der Waals surface area contributed by atoms with Gasteiger partial charge in [-0.3, -0.25) is 0 Å². The van der Waals surface area contributed by atoms with Crippen LogP contribution in [0.15, 0.2) is 180 Å². The summed E-state index contributed by atoms with van der Waals surface area (Å²) in [5.41, 5.74) is 7.46. The first-order chi connectivity index (χ1) is 23.8. The molecule has 10 rings (SSSR count). The maximum atomic E-state index is 6.64. The van der Waals surface area contributed by atoms with Gasteiger partial charge in [0, 0.05) is 27.5 Å². The summed E-state index contributed by atoms with van der Waals surface area (Å²) < 4.78 is 6.64. The number of rotatable bonds is 4. The van der Waals surface area contributed by atoms with Crippen LogP contribution in [0.1, 0.15) is 0 Å². The summed E-state index contributed by atoms with van der Waals surface area (Å²) in [6, 6.07) is 63.3. The Kier molecular flexibility index (Phi) is 5.91. The van der Waals surface area contributed by atoms with E-state index < -0.39 is 0 Å². The van der Waals surface area contributed by atoms with E-state index >= 15 is 0 Å². The lowest BCUT2D eigenvalue weighted by atomic mass is 9.96. The van der Waals surface area contributed by atoms with Gasteiger partial charge in [0.2, 0.25) is 0 Å². The molecule has 48 heavy (non-hydrogen) atoms. The van der Waals surface area contributed by atoms with Crippen molar-refractivity contribution in [2.24, 2.45) is 0 Å². The largest absolute Gasteiger partial charge is 0.455 e. The van der Waals surface area contributed by atoms with E-state index in [1.54, 1.807) is 0 Å². The van der Waals surface area contributed by atoms with Crippen LogP contribution in [0.4, 0.5) is 17.1 Å². The van der Waals surface area contributed by atoms with Gasteiger partial charge in [-0.05, 0) is 91.3 Å². The zero-order valence-electron chi connectivity index (χ0n) is 26.1. The molecule has 0 aliphatic carbocycles. The van der Waals surface area contributed by atoms with Crippen molar-refractivity contribution in [3.63, 3.8) is 0 Å². The summed E-state index contributed by atoms with van der Waals surface area (Å²) in [5.74, 6) is 0. The van der Waals surface area contributed by atoms with Crippen LogP contribution in [0.5, 0.6) is 0 Å². The highest BCUT2D eigenvalue weighted by Crippen LogP contribution is 2.45. The van der Waals surface area contributed by atoms with Crippen molar-refractivity contribution in [1.82, 2.24) is 0 Å². The molecule has 224 valence electrons. The van der Waals surface area contributed by atoms with Gasteiger partial charge in [0.25, 0.3) is 0 Å². The smallest absolute Gasteiger partial charge is 0.145 e. The molecule has 1 aromatic heterocycles. The lowest BCUT2D eigenvalue weighted by molar-refractivity contribution is 0.672. The molecule has 0 saturated carbocycles. The van der Waals surface area contributed by atoms with Gasteiger partial charge in [-0.2, -0.15) is 0 Å². The molecule has 9 aromatic carbocycles. The Morgan fingerprint density at radius 3 is 1.83 bits per heavy atom. The quantitative estimate of drug-likeness (QED) is 0.184. The second kappa shape index (κ2) is 10.6. The first-order valence-electron chi connectivity index (χ1n) is 16.4. The molecule has 0 radical (unpaired) electrons. The van der Waals surface area contributed by atoms with Crippen molar-refractivity contribution in [3.8, 4) is 11.1 Å². The molecule has 0 unspecified atom stereocenters. The summed E-state index contributed by atoms with van der Waals surface area (Å²) in [7, 11) is 0. The second-order valence-corrected chi connectivity index (χ2v) is 12.5. The predicted octanol–water partition coefficient (Wildman–Crippen LogP) is 13.3. The lowest BCUT2D eigenvalue weighted by Gasteiger charge is -2.27. The fourth-order valence-corrected chi connectivity index (χ4v) is 7.54. The molecule has 0 N–H and O–H groups in total. The number of anilines is 3. The summed E-state index contributed by atoms with van der Waals surface area (Å²) in [5, 5.41) is 12.0. The van der Waals surface area contributed by atoms with E-state index in [1.807, 2.05) is 6.07 Å². The number of nitrogens with zero attached hydrogens (tertiary/aromatic N) is 1. The normalized spacial score (nSPS) is 11.8. The third-order valence-electron chi connectivity index (χ3n) is 9.81. The summed E-state index contributed by atoms with van der Waals surface area (Å²) >= 11 is 0. The van der Waals surface area contributed by atoms with Crippen LogP contribution in [0, 0.1) is 0 Å². The van der Waals surface area contributed by atoms with Gasteiger partial charge in [-0.25, -0.2) is 0 Å². The minimum absolute atomic E-state index is 0.901. The van der Waals surface area contributed by atoms with Crippen molar-refractivity contribution in [2.75, 3.05) is 4.90 Å². The SMILES string of the molecule is c1ccc(-c2ccc(N(c3ccc4c(ccc5ccc6ccccc6c54)c3)c3cccc4ccc5c6ccccc6oc5c34)cc2)cc1. The van der Waals surface area contributed by atoms with E-state index in [4.69, 9.17) is 4.42 Å². The van der Waals surface area contributed by atoms with E-state index in [1.165, 1.54) is 43.4 Å². The molecular weight excluding hydrogens is 583 g/mol. The minimum Gasteiger partial charge on any atom is -0.455 e. The van der Waals surface area contributed by atoms with Gasteiger partial charge in [0.1, 0.15) is 11.2 Å². The van der Waals surface area contributed by atoms with E-state index in [-0.39, 0.29) is 0 Å². The van der Waals surface area contributed by atoms with Crippen LogP contribution < -0.4 is 4.90 Å². The number of fused-ring (bicyclic) bond motifs is 10. The van der Waals surface area contributed by atoms with Crippen molar-refractivity contribution >= 4 is 82.1 Å². The summed E-state index contributed by atoms with van der Waals surface area (Å²) in [6.45, 7) is 0. The summed E-state index contributed by atoms with van der Waals surface area (Å²) in [4.78, 5) is 2.39. The number of hydrogen-bond acceptors (Lipinski definition) is 2. The van der Waals surface area contributed by atoms with Gasteiger partial charge in [0.05, 0.1) is 5.69 Å². The Balaban J connectivity index is 1.24. The standard InChI is InChI=1S/C46H29NO/c1-2-9-30(10-3-1)31-21-24-36(25-22-31)47(42-15-8-12-33-23-27-41-40-14-6-7-16-43(40)48-46(41)45(33)42)37-26-28-39-35(29-37)20-19-34-18-17-32-11-4-5-13-38(32)44(34)39/h1-29H. The van der Waals surface area contributed by atoms with Crippen LogP contribution in [0.25, 0.3) is 76.2 Å². The van der Waals surface area contributed by atoms with Crippen LogP contribution in [0.2, 0.25) is 0 Å². The van der Waals surface area contributed by atoms with Crippen LogP contribution in [0.3, 0.4) is 0 Å². The van der Waals surface area contributed by atoms with Crippen molar-refractivity contribution in [1.29, 1.82) is 0 Å². The Hall–Kier alpha value is -6.38. The number of para-hydroxylation sites is 1. The van der Waals surface area contributed by atoms with Crippen molar-refractivity contribution < 1.29 is 4.42 Å². The Morgan fingerprint density at radius 1 is 0.354 bits per heavy atom. The van der Waals surface area contributed by atoms with E-state index in [0.29, 0.717) is 0 Å². The average molecular weight is 612 g/mol. The van der Waals surface area contributed by atoms with Crippen molar-refractivity contribution in [2.45, 2.75) is 0 Å². The molecule has 0 atom stereocenters. The van der Waals surface area contributed by atoms with Gasteiger partial charge in [-0.15, -0.1) is 0 Å². The molecule has 1 heterocycles. The maximum Gasteiger partial charge on any atom is 0.145 e. The fourth-order valence-electron chi connectivity index (χ4n) is 7.54. The predicted molar refractivity (Wildman–Crippen MR) is 204 cm³/mol. The second-order valence-electron chi connectivity index (χ2n) is 12.5. The van der Waals surface area contributed by atoms with Crippen LogP contribution >= 0.6 is 0 Å². The first kappa shape index (κ1) is 26.8. The fraction of sp³-hybridized carbons (Fsp3) is 0. The highest BCUT2D eigenvalue weighted by molar-refractivity contribution is 6.22. The van der Waals surface area contributed by atoms with Crippen LogP contribution in [-0.4, -0.2) is 0 Å². The van der Waals surface area contributed by atoms with Gasteiger partial charge in [0.15, 0.2) is 0 Å². The highest BCUT2D eigenvalue weighted by Gasteiger charge is 2.20. The zero-order valence-corrected chi connectivity index (χ0v) is 26.1. The zero-order chi connectivity index (χ0) is 31.6. The lowest BCUT2D eigenvalue weighted by Crippen LogP contribution is -2.10. The molecule has 0 spiro atoms. The van der Waals surface area contributed by atoms with E-state index in [0.717, 1.165) is 49.8 Å². The molecule has 0 bridgehead atoms.